The first-order valence-electron chi connectivity index (χ1n) is 7.16. The first-order valence-corrected chi connectivity index (χ1v) is 8.59. The lowest BCUT2D eigenvalue weighted by Gasteiger charge is -2.28. The van der Waals surface area contributed by atoms with Crippen molar-refractivity contribution in [2.45, 2.75) is 11.4 Å². The summed E-state index contributed by atoms with van der Waals surface area (Å²) in [4.78, 5) is 25.8. The molecule has 1 N–H and O–H groups in total. The number of rotatable bonds is 3. The van der Waals surface area contributed by atoms with Crippen molar-refractivity contribution in [3.63, 3.8) is 0 Å². The number of hydrogen-bond acceptors (Lipinski definition) is 3. The van der Waals surface area contributed by atoms with Crippen LogP contribution < -0.4 is 0 Å². The summed E-state index contributed by atoms with van der Waals surface area (Å²) in [7, 11) is 0. The summed E-state index contributed by atoms with van der Waals surface area (Å²) in [6, 6.07) is 11.3. The fraction of sp³-hybridized carbons (Fsp3) is 0.176. The van der Waals surface area contributed by atoms with Crippen LogP contribution in [-0.4, -0.2) is 33.7 Å². The van der Waals surface area contributed by atoms with Crippen LogP contribution in [0.4, 0.5) is 4.39 Å². The van der Waals surface area contributed by atoms with Gasteiger partial charge in [0.1, 0.15) is 17.2 Å². The highest BCUT2D eigenvalue weighted by Crippen LogP contribution is 2.42. The average molecular weight is 366 g/mol. The normalized spacial score (nSPS) is 20.2. The fourth-order valence-electron chi connectivity index (χ4n) is 2.60. The van der Waals surface area contributed by atoms with Crippen LogP contribution in [0.2, 0.25) is 5.02 Å². The quantitative estimate of drug-likeness (QED) is 0.898. The van der Waals surface area contributed by atoms with Gasteiger partial charge in [0.05, 0.1) is 10.6 Å². The highest BCUT2D eigenvalue weighted by atomic mass is 35.5. The van der Waals surface area contributed by atoms with Crippen LogP contribution in [0, 0.1) is 5.82 Å². The lowest BCUT2D eigenvalue weighted by atomic mass is 10.1. The molecule has 3 rings (SSSR count). The summed E-state index contributed by atoms with van der Waals surface area (Å²) in [5.41, 5.74) is 0.922. The van der Waals surface area contributed by atoms with E-state index in [4.69, 9.17) is 11.6 Å². The average Bonchev–Trinajstić information content (AvgIpc) is 3.00. The molecule has 0 spiro atoms. The number of amides is 1. The van der Waals surface area contributed by atoms with Crippen molar-refractivity contribution in [1.29, 1.82) is 0 Å². The molecule has 124 valence electrons. The first kappa shape index (κ1) is 16.8. The van der Waals surface area contributed by atoms with Crippen molar-refractivity contribution in [1.82, 2.24) is 4.90 Å². The van der Waals surface area contributed by atoms with E-state index in [0.717, 1.165) is 0 Å². The van der Waals surface area contributed by atoms with Crippen LogP contribution in [0.1, 0.15) is 21.3 Å². The SMILES string of the molecule is O=C(O)C1CSC(c2ccc(F)cc2)N1C(=O)c1ccccc1Cl. The highest BCUT2D eigenvalue weighted by molar-refractivity contribution is 7.99. The van der Waals surface area contributed by atoms with Crippen LogP contribution in [0.3, 0.4) is 0 Å². The molecule has 2 unspecified atom stereocenters. The van der Waals surface area contributed by atoms with Gasteiger partial charge in [-0.25, -0.2) is 9.18 Å². The van der Waals surface area contributed by atoms with Crippen molar-refractivity contribution < 1.29 is 19.1 Å². The van der Waals surface area contributed by atoms with Crippen LogP contribution in [0.5, 0.6) is 0 Å². The summed E-state index contributed by atoms with van der Waals surface area (Å²) in [5.74, 6) is -1.66. The summed E-state index contributed by atoms with van der Waals surface area (Å²) in [6.45, 7) is 0. The maximum Gasteiger partial charge on any atom is 0.327 e. The number of carboxylic acid groups (broad SMARTS) is 1. The second-order valence-electron chi connectivity index (χ2n) is 5.28. The minimum Gasteiger partial charge on any atom is -0.480 e. The van der Waals surface area contributed by atoms with Gasteiger partial charge in [0.15, 0.2) is 0 Å². The molecule has 4 nitrogen and oxygen atoms in total. The highest BCUT2D eigenvalue weighted by Gasteiger charge is 2.43. The number of halogens is 2. The number of hydrogen-bond donors (Lipinski definition) is 1. The fourth-order valence-corrected chi connectivity index (χ4v) is 4.24. The molecule has 0 saturated carbocycles. The number of aliphatic carboxylic acids is 1. The molecule has 0 radical (unpaired) electrons. The number of carbonyl (C=O) groups is 2. The minimum absolute atomic E-state index is 0.250. The Labute approximate surface area is 147 Å². The molecule has 0 bridgehead atoms. The van der Waals surface area contributed by atoms with E-state index in [1.807, 2.05) is 0 Å². The molecule has 2 aromatic carbocycles. The molecule has 1 amide bonds. The van der Waals surface area contributed by atoms with Crippen molar-refractivity contribution in [3.8, 4) is 0 Å². The second-order valence-corrected chi connectivity index (χ2v) is 6.80. The maximum atomic E-state index is 13.2. The zero-order valence-electron chi connectivity index (χ0n) is 12.4. The second kappa shape index (κ2) is 6.83. The number of nitrogens with zero attached hydrogens (tertiary/aromatic N) is 1. The molecule has 1 heterocycles. The van der Waals surface area contributed by atoms with Gasteiger partial charge in [-0.05, 0) is 29.8 Å². The molecule has 1 saturated heterocycles. The lowest BCUT2D eigenvalue weighted by Crippen LogP contribution is -2.43. The first-order chi connectivity index (χ1) is 11.5. The van der Waals surface area contributed by atoms with Gasteiger partial charge in [-0.1, -0.05) is 35.9 Å². The third kappa shape index (κ3) is 3.12. The van der Waals surface area contributed by atoms with Gasteiger partial charge in [0, 0.05) is 5.75 Å². The third-order valence-electron chi connectivity index (χ3n) is 3.78. The summed E-state index contributed by atoms with van der Waals surface area (Å²) < 4.78 is 13.2. The smallest absolute Gasteiger partial charge is 0.327 e. The topological polar surface area (TPSA) is 57.6 Å². The van der Waals surface area contributed by atoms with Gasteiger partial charge in [0.25, 0.3) is 5.91 Å². The molecule has 1 aliphatic rings. The van der Waals surface area contributed by atoms with E-state index in [1.165, 1.54) is 28.8 Å². The number of carbonyl (C=O) groups excluding carboxylic acids is 1. The van der Waals surface area contributed by atoms with Crippen LogP contribution in [-0.2, 0) is 4.79 Å². The molecule has 24 heavy (non-hydrogen) atoms. The van der Waals surface area contributed by atoms with E-state index in [-0.39, 0.29) is 22.2 Å². The van der Waals surface area contributed by atoms with E-state index in [0.29, 0.717) is 5.56 Å². The maximum absolute atomic E-state index is 13.2. The zero-order chi connectivity index (χ0) is 17.3. The Hall–Kier alpha value is -2.05. The van der Waals surface area contributed by atoms with Gasteiger partial charge in [0.2, 0.25) is 0 Å². The van der Waals surface area contributed by atoms with Crippen LogP contribution >= 0.6 is 23.4 Å². The number of thioether (sulfide) groups is 1. The standard InChI is InChI=1S/C17H13ClFNO3S/c18-13-4-2-1-3-12(13)15(21)20-14(17(22)23)9-24-16(20)10-5-7-11(19)8-6-10/h1-8,14,16H,9H2,(H,22,23). The summed E-state index contributed by atoms with van der Waals surface area (Å²) in [6.07, 6.45) is 0. The Morgan fingerprint density at radius 2 is 1.83 bits per heavy atom. The Morgan fingerprint density at radius 3 is 2.46 bits per heavy atom. The summed E-state index contributed by atoms with van der Waals surface area (Å²) >= 11 is 7.42. The van der Waals surface area contributed by atoms with Crippen molar-refractivity contribution in [2.24, 2.45) is 0 Å². The Kier molecular flexibility index (Phi) is 4.78. The van der Waals surface area contributed by atoms with E-state index in [9.17, 15) is 19.1 Å². The van der Waals surface area contributed by atoms with Gasteiger partial charge in [-0.3, -0.25) is 4.79 Å². The van der Waals surface area contributed by atoms with Crippen molar-refractivity contribution >= 4 is 35.2 Å². The predicted molar refractivity (Wildman–Crippen MR) is 90.6 cm³/mol. The molecular weight excluding hydrogens is 353 g/mol. The van der Waals surface area contributed by atoms with E-state index in [1.54, 1.807) is 36.4 Å². The van der Waals surface area contributed by atoms with Gasteiger partial charge in [-0.2, -0.15) is 0 Å². The largest absolute Gasteiger partial charge is 0.480 e. The zero-order valence-corrected chi connectivity index (χ0v) is 13.9. The van der Waals surface area contributed by atoms with E-state index in [2.05, 4.69) is 0 Å². The monoisotopic (exact) mass is 365 g/mol. The number of benzene rings is 2. The predicted octanol–water partition coefficient (Wildman–Crippen LogP) is 3.82. The molecule has 0 aromatic heterocycles. The summed E-state index contributed by atoms with van der Waals surface area (Å²) in [5, 5.41) is 9.22. The van der Waals surface area contributed by atoms with Crippen LogP contribution in [0.15, 0.2) is 48.5 Å². The Morgan fingerprint density at radius 1 is 1.17 bits per heavy atom. The van der Waals surface area contributed by atoms with Gasteiger partial charge < -0.3 is 10.0 Å². The molecule has 0 aliphatic carbocycles. The molecular formula is C17H13ClFNO3S. The van der Waals surface area contributed by atoms with Crippen molar-refractivity contribution in [3.05, 3.63) is 70.5 Å². The molecule has 1 fully saturated rings. The van der Waals surface area contributed by atoms with Gasteiger partial charge in [-0.15, -0.1) is 11.8 Å². The Balaban J connectivity index is 2.01. The van der Waals surface area contributed by atoms with Crippen molar-refractivity contribution in [2.75, 3.05) is 5.75 Å². The molecule has 1 aliphatic heterocycles. The molecule has 2 aromatic rings. The van der Waals surface area contributed by atoms with Crippen LogP contribution in [0.25, 0.3) is 0 Å². The molecule has 7 heteroatoms. The van der Waals surface area contributed by atoms with E-state index < -0.39 is 23.3 Å². The Bertz CT molecular complexity index is 784. The lowest BCUT2D eigenvalue weighted by molar-refractivity contribution is -0.141. The molecule has 2 atom stereocenters. The minimum atomic E-state index is -1.08. The third-order valence-corrected chi connectivity index (χ3v) is 5.43. The van der Waals surface area contributed by atoms with E-state index >= 15 is 0 Å². The van der Waals surface area contributed by atoms with Gasteiger partial charge >= 0.3 is 5.97 Å². The number of carboxylic acids is 1.